The van der Waals surface area contributed by atoms with Crippen LogP contribution in [-0.4, -0.2) is 11.5 Å². The van der Waals surface area contributed by atoms with Crippen molar-refractivity contribution < 1.29 is 4.74 Å². The summed E-state index contributed by atoms with van der Waals surface area (Å²) in [4.78, 5) is 4.22. The van der Waals surface area contributed by atoms with Crippen LogP contribution in [0.4, 0.5) is 5.82 Å². The average molecular weight is 228 g/mol. The Kier molecular flexibility index (Phi) is 3.97. The first-order valence-corrected chi connectivity index (χ1v) is 5.75. The van der Waals surface area contributed by atoms with Gasteiger partial charge in [0.2, 0.25) is 0 Å². The van der Waals surface area contributed by atoms with Crippen molar-refractivity contribution in [2.24, 2.45) is 0 Å². The van der Waals surface area contributed by atoms with E-state index < -0.39 is 0 Å². The van der Waals surface area contributed by atoms with Gasteiger partial charge >= 0.3 is 0 Å². The number of anilines is 1. The van der Waals surface area contributed by atoms with Crippen molar-refractivity contribution in [2.45, 2.75) is 13.5 Å². The molecule has 3 nitrogen and oxygen atoms in total. The maximum atomic E-state index is 5.67. The monoisotopic (exact) mass is 228 g/mol. The van der Waals surface area contributed by atoms with E-state index in [1.165, 1.54) is 0 Å². The molecule has 0 fully saturated rings. The minimum absolute atomic E-state index is 0.560. The predicted molar refractivity (Wildman–Crippen MR) is 69.2 cm³/mol. The van der Waals surface area contributed by atoms with Gasteiger partial charge in [-0.05, 0) is 36.8 Å². The van der Waals surface area contributed by atoms with Gasteiger partial charge in [0.25, 0.3) is 0 Å². The minimum atomic E-state index is 0.560. The van der Waals surface area contributed by atoms with Gasteiger partial charge in [0.1, 0.15) is 18.2 Å². The number of hydrogen-bond donors (Lipinski definition) is 1. The molecule has 1 N–H and O–H groups in total. The van der Waals surface area contributed by atoms with Crippen LogP contribution in [0, 0.1) is 0 Å². The Balaban J connectivity index is 1.97. The van der Waals surface area contributed by atoms with Gasteiger partial charge in [0.05, 0.1) is 0 Å². The molecule has 0 amide bonds. The van der Waals surface area contributed by atoms with Gasteiger partial charge in [-0.2, -0.15) is 0 Å². The quantitative estimate of drug-likeness (QED) is 0.853. The molecule has 0 aliphatic rings. The number of aromatic nitrogens is 1. The fourth-order valence-corrected chi connectivity index (χ4v) is 1.53. The first-order chi connectivity index (χ1) is 8.38. The molecule has 0 bridgehead atoms. The minimum Gasteiger partial charge on any atom is -0.489 e. The Morgan fingerprint density at radius 3 is 2.76 bits per heavy atom. The highest BCUT2D eigenvalue weighted by Gasteiger charge is 1.97. The number of hydrogen-bond acceptors (Lipinski definition) is 3. The van der Waals surface area contributed by atoms with Gasteiger partial charge in [-0.3, -0.25) is 0 Å². The van der Waals surface area contributed by atoms with Gasteiger partial charge in [-0.25, -0.2) is 4.98 Å². The molecule has 0 saturated heterocycles. The van der Waals surface area contributed by atoms with Crippen LogP contribution in [0.5, 0.6) is 5.75 Å². The van der Waals surface area contributed by atoms with E-state index in [0.717, 1.165) is 23.7 Å². The summed E-state index contributed by atoms with van der Waals surface area (Å²) < 4.78 is 5.67. The maximum Gasteiger partial charge on any atom is 0.126 e. The van der Waals surface area contributed by atoms with Gasteiger partial charge < -0.3 is 10.1 Å². The van der Waals surface area contributed by atoms with Crippen LogP contribution in [0.25, 0.3) is 0 Å². The van der Waals surface area contributed by atoms with Gasteiger partial charge in [0.15, 0.2) is 0 Å². The number of nitrogens with one attached hydrogen (secondary N) is 1. The van der Waals surface area contributed by atoms with Crippen molar-refractivity contribution in [2.75, 3.05) is 11.9 Å². The summed E-state index contributed by atoms with van der Waals surface area (Å²) in [5, 5.41) is 3.18. The van der Waals surface area contributed by atoms with E-state index in [2.05, 4.69) is 17.2 Å². The van der Waals surface area contributed by atoms with Crippen molar-refractivity contribution in [1.29, 1.82) is 0 Å². The molecule has 0 atom stereocenters. The molecule has 88 valence electrons. The van der Waals surface area contributed by atoms with E-state index in [1.807, 2.05) is 42.5 Å². The largest absolute Gasteiger partial charge is 0.489 e. The lowest BCUT2D eigenvalue weighted by Crippen LogP contribution is -2.01. The number of benzene rings is 1. The van der Waals surface area contributed by atoms with E-state index in [1.54, 1.807) is 6.20 Å². The molecule has 17 heavy (non-hydrogen) atoms. The Morgan fingerprint density at radius 2 is 2.00 bits per heavy atom. The number of ether oxygens (including phenoxy) is 1. The average Bonchev–Trinajstić information content (AvgIpc) is 2.39. The number of nitrogens with zero attached hydrogens (tertiary/aromatic N) is 1. The molecule has 0 aliphatic carbocycles. The Morgan fingerprint density at radius 1 is 1.18 bits per heavy atom. The standard InChI is InChI=1S/C14H16N2O/c1-2-15-14-10-12(8-9-16-14)11-17-13-6-4-3-5-7-13/h3-10H,2,11H2,1H3,(H,15,16). The normalized spacial score (nSPS) is 9.94. The van der Waals surface area contributed by atoms with Crippen LogP contribution >= 0.6 is 0 Å². The molecular formula is C14H16N2O. The summed E-state index contributed by atoms with van der Waals surface area (Å²) in [6.07, 6.45) is 1.79. The zero-order valence-electron chi connectivity index (χ0n) is 9.89. The fourth-order valence-electron chi connectivity index (χ4n) is 1.53. The van der Waals surface area contributed by atoms with Crippen LogP contribution in [0.1, 0.15) is 12.5 Å². The lowest BCUT2D eigenvalue weighted by molar-refractivity contribution is 0.306. The molecular weight excluding hydrogens is 212 g/mol. The van der Waals surface area contributed by atoms with Gasteiger partial charge in [-0.15, -0.1) is 0 Å². The molecule has 2 aromatic rings. The van der Waals surface area contributed by atoms with Crippen LogP contribution < -0.4 is 10.1 Å². The topological polar surface area (TPSA) is 34.1 Å². The second kappa shape index (κ2) is 5.89. The number of pyridine rings is 1. The SMILES string of the molecule is CCNc1cc(COc2ccccc2)ccn1. The van der Waals surface area contributed by atoms with Gasteiger partial charge in [-0.1, -0.05) is 18.2 Å². The molecule has 2 rings (SSSR count). The van der Waals surface area contributed by atoms with E-state index in [4.69, 9.17) is 4.74 Å². The third-order valence-corrected chi connectivity index (χ3v) is 2.33. The highest BCUT2D eigenvalue weighted by molar-refractivity contribution is 5.37. The Bertz CT molecular complexity index is 457. The number of para-hydroxylation sites is 1. The maximum absolute atomic E-state index is 5.67. The van der Waals surface area contributed by atoms with Crippen LogP contribution in [0.3, 0.4) is 0 Å². The molecule has 0 saturated carbocycles. The predicted octanol–water partition coefficient (Wildman–Crippen LogP) is 3.09. The summed E-state index contributed by atoms with van der Waals surface area (Å²) in [7, 11) is 0. The smallest absolute Gasteiger partial charge is 0.126 e. The van der Waals surface area contributed by atoms with Crippen LogP contribution in [0.2, 0.25) is 0 Å². The summed E-state index contributed by atoms with van der Waals surface area (Å²) in [5.41, 5.74) is 1.11. The fraction of sp³-hybridized carbons (Fsp3) is 0.214. The van der Waals surface area contributed by atoms with Crippen molar-refractivity contribution >= 4 is 5.82 Å². The zero-order valence-corrected chi connectivity index (χ0v) is 9.89. The lowest BCUT2D eigenvalue weighted by Gasteiger charge is -2.07. The second-order valence-corrected chi connectivity index (χ2v) is 3.68. The summed E-state index contributed by atoms with van der Waals surface area (Å²) in [6, 6.07) is 13.8. The molecule has 3 heteroatoms. The first-order valence-electron chi connectivity index (χ1n) is 5.75. The molecule has 0 unspecified atom stereocenters. The molecule has 0 radical (unpaired) electrons. The second-order valence-electron chi connectivity index (χ2n) is 3.68. The molecule has 0 aliphatic heterocycles. The summed E-state index contributed by atoms with van der Waals surface area (Å²) in [6.45, 7) is 3.48. The number of rotatable bonds is 5. The Hall–Kier alpha value is -2.03. The van der Waals surface area contributed by atoms with E-state index >= 15 is 0 Å². The lowest BCUT2D eigenvalue weighted by atomic mass is 10.2. The molecule has 1 heterocycles. The van der Waals surface area contributed by atoms with E-state index in [-0.39, 0.29) is 0 Å². The first kappa shape index (κ1) is 11.5. The highest BCUT2D eigenvalue weighted by atomic mass is 16.5. The van der Waals surface area contributed by atoms with Crippen LogP contribution in [0.15, 0.2) is 48.7 Å². The Labute approximate surface area is 101 Å². The summed E-state index contributed by atoms with van der Waals surface area (Å²) >= 11 is 0. The third kappa shape index (κ3) is 3.48. The van der Waals surface area contributed by atoms with Crippen molar-refractivity contribution in [3.05, 3.63) is 54.2 Å². The van der Waals surface area contributed by atoms with Crippen molar-refractivity contribution in [1.82, 2.24) is 4.98 Å². The third-order valence-electron chi connectivity index (χ3n) is 2.33. The van der Waals surface area contributed by atoms with E-state index in [9.17, 15) is 0 Å². The zero-order chi connectivity index (χ0) is 11.9. The van der Waals surface area contributed by atoms with E-state index in [0.29, 0.717) is 6.61 Å². The van der Waals surface area contributed by atoms with Crippen molar-refractivity contribution in [3.63, 3.8) is 0 Å². The summed E-state index contributed by atoms with van der Waals surface area (Å²) in [5.74, 6) is 1.77. The molecule has 0 spiro atoms. The molecule has 1 aromatic carbocycles. The molecule has 1 aromatic heterocycles. The van der Waals surface area contributed by atoms with Crippen molar-refractivity contribution in [3.8, 4) is 5.75 Å². The van der Waals surface area contributed by atoms with Crippen LogP contribution in [-0.2, 0) is 6.61 Å². The highest BCUT2D eigenvalue weighted by Crippen LogP contribution is 2.13. The van der Waals surface area contributed by atoms with Gasteiger partial charge in [0, 0.05) is 12.7 Å².